The largest absolute Gasteiger partial charge is 0.353 e. The van der Waals surface area contributed by atoms with Crippen molar-refractivity contribution < 1.29 is 14.0 Å². The molecule has 0 unspecified atom stereocenters. The highest BCUT2D eigenvalue weighted by molar-refractivity contribution is 5.97. The Balaban J connectivity index is 0.00000256. The fraction of sp³-hybridized carbons (Fsp3) is 0.381. The molecule has 0 bridgehead atoms. The first-order valence-corrected chi connectivity index (χ1v) is 9.76. The molecule has 4 rings (SSSR count). The van der Waals surface area contributed by atoms with E-state index in [1.807, 2.05) is 20.0 Å². The van der Waals surface area contributed by atoms with Gasteiger partial charge in [0.25, 0.3) is 5.91 Å². The maximum Gasteiger partial charge on any atom is 0.321 e. The van der Waals surface area contributed by atoms with E-state index in [2.05, 4.69) is 21.3 Å². The molecule has 2 aromatic rings. The second-order valence-corrected chi connectivity index (χ2v) is 7.48. The molecule has 3 heterocycles. The molecule has 160 valence electrons. The second kappa shape index (κ2) is 8.87. The Morgan fingerprint density at radius 3 is 2.43 bits per heavy atom. The summed E-state index contributed by atoms with van der Waals surface area (Å²) in [4.78, 5) is 34.4. The van der Waals surface area contributed by atoms with E-state index in [1.54, 1.807) is 11.0 Å². The van der Waals surface area contributed by atoms with E-state index in [1.165, 1.54) is 17.0 Å². The molecule has 2 saturated heterocycles. The van der Waals surface area contributed by atoms with Gasteiger partial charge in [0.15, 0.2) is 0 Å². The van der Waals surface area contributed by atoms with Crippen LogP contribution in [0.25, 0.3) is 0 Å². The van der Waals surface area contributed by atoms with E-state index < -0.39 is 5.82 Å². The molecule has 9 heteroatoms. The molecule has 2 fully saturated rings. The van der Waals surface area contributed by atoms with Crippen LogP contribution in [0.5, 0.6) is 0 Å². The minimum atomic E-state index is -0.606. The Hall–Kier alpha value is -2.87. The number of rotatable bonds is 3. The van der Waals surface area contributed by atoms with Crippen LogP contribution in [-0.4, -0.2) is 61.1 Å². The number of halogens is 2. The SMILES string of the molecule is Cc1cnc(N2CCN(C(=O)c3ccc(N4CCNC4=O)cc3F)CC2)c(C)c1.Cl. The summed E-state index contributed by atoms with van der Waals surface area (Å²) in [5.41, 5.74) is 2.72. The van der Waals surface area contributed by atoms with Crippen molar-refractivity contribution in [3.63, 3.8) is 0 Å². The standard InChI is InChI=1S/C21H24FN5O2.ClH/c1-14-11-15(2)19(24-13-14)25-7-9-26(10-8-25)20(28)17-4-3-16(12-18(17)22)27-6-5-23-21(27)29;/h3-4,11-13H,5-10H2,1-2H3,(H,23,29);1H. The average molecular weight is 434 g/mol. The number of urea groups is 1. The molecule has 7 nitrogen and oxygen atoms in total. The third-order valence-electron chi connectivity index (χ3n) is 5.41. The quantitative estimate of drug-likeness (QED) is 0.808. The topological polar surface area (TPSA) is 68.8 Å². The zero-order chi connectivity index (χ0) is 20.5. The molecule has 1 aromatic heterocycles. The highest BCUT2D eigenvalue weighted by atomic mass is 35.5. The molecule has 0 atom stereocenters. The number of aryl methyl sites for hydroxylation is 2. The van der Waals surface area contributed by atoms with Crippen LogP contribution in [0.4, 0.5) is 20.7 Å². The summed E-state index contributed by atoms with van der Waals surface area (Å²) >= 11 is 0. The van der Waals surface area contributed by atoms with E-state index in [-0.39, 0.29) is 29.9 Å². The summed E-state index contributed by atoms with van der Waals surface area (Å²) in [5.74, 6) is 0.000887. The van der Waals surface area contributed by atoms with Gasteiger partial charge in [-0.05, 0) is 43.2 Å². The lowest BCUT2D eigenvalue weighted by Crippen LogP contribution is -2.49. The molecular formula is C21H25ClFN5O2. The first-order valence-electron chi connectivity index (χ1n) is 9.76. The van der Waals surface area contributed by atoms with Crippen molar-refractivity contribution in [2.24, 2.45) is 0 Å². The summed E-state index contributed by atoms with van der Waals surface area (Å²) in [7, 11) is 0. The second-order valence-electron chi connectivity index (χ2n) is 7.48. The molecule has 1 aromatic carbocycles. The van der Waals surface area contributed by atoms with Crippen LogP contribution < -0.4 is 15.1 Å². The van der Waals surface area contributed by atoms with Crippen molar-refractivity contribution in [2.45, 2.75) is 13.8 Å². The fourth-order valence-corrected chi connectivity index (χ4v) is 3.89. The zero-order valence-corrected chi connectivity index (χ0v) is 17.8. The van der Waals surface area contributed by atoms with Gasteiger partial charge in [0.2, 0.25) is 0 Å². The van der Waals surface area contributed by atoms with Gasteiger partial charge in [-0.2, -0.15) is 0 Å². The van der Waals surface area contributed by atoms with Crippen molar-refractivity contribution in [1.82, 2.24) is 15.2 Å². The van der Waals surface area contributed by atoms with Gasteiger partial charge in [-0.25, -0.2) is 14.2 Å². The molecule has 30 heavy (non-hydrogen) atoms. The van der Waals surface area contributed by atoms with Crippen LogP contribution in [0.2, 0.25) is 0 Å². The number of aromatic nitrogens is 1. The van der Waals surface area contributed by atoms with E-state index in [0.717, 1.165) is 16.9 Å². The number of hydrogen-bond donors (Lipinski definition) is 1. The van der Waals surface area contributed by atoms with Gasteiger partial charge in [0.05, 0.1) is 5.56 Å². The Morgan fingerprint density at radius 2 is 1.83 bits per heavy atom. The van der Waals surface area contributed by atoms with E-state index >= 15 is 0 Å². The number of carbonyl (C=O) groups is 2. The molecule has 0 spiro atoms. The number of pyridine rings is 1. The zero-order valence-electron chi connectivity index (χ0n) is 17.0. The van der Waals surface area contributed by atoms with Crippen molar-refractivity contribution >= 4 is 35.9 Å². The number of nitrogens with one attached hydrogen (secondary N) is 1. The molecule has 1 N–H and O–H groups in total. The van der Waals surface area contributed by atoms with Gasteiger partial charge in [-0.3, -0.25) is 9.69 Å². The highest BCUT2D eigenvalue weighted by Gasteiger charge is 2.27. The van der Waals surface area contributed by atoms with Crippen LogP contribution >= 0.6 is 12.4 Å². The van der Waals surface area contributed by atoms with Gasteiger partial charge in [0.1, 0.15) is 11.6 Å². The van der Waals surface area contributed by atoms with Gasteiger partial charge in [-0.15, -0.1) is 12.4 Å². The van der Waals surface area contributed by atoms with Crippen LogP contribution in [0, 0.1) is 19.7 Å². The van der Waals surface area contributed by atoms with Crippen LogP contribution in [0.3, 0.4) is 0 Å². The first-order chi connectivity index (χ1) is 13.9. The average Bonchev–Trinajstić information content (AvgIpc) is 3.13. The molecule has 0 radical (unpaired) electrons. The molecular weight excluding hydrogens is 409 g/mol. The summed E-state index contributed by atoms with van der Waals surface area (Å²) < 4.78 is 14.6. The third kappa shape index (κ3) is 4.18. The van der Waals surface area contributed by atoms with Crippen molar-refractivity contribution in [1.29, 1.82) is 0 Å². The lowest BCUT2D eigenvalue weighted by Gasteiger charge is -2.36. The number of hydrogen-bond acceptors (Lipinski definition) is 4. The predicted octanol–water partition coefficient (Wildman–Crippen LogP) is 2.75. The number of benzene rings is 1. The lowest BCUT2D eigenvalue weighted by molar-refractivity contribution is 0.0742. The summed E-state index contributed by atoms with van der Waals surface area (Å²) in [5, 5.41) is 2.68. The molecule has 2 aliphatic heterocycles. The van der Waals surface area contributed by atoms with Gasteiger partial charge in [0, 0.05) is 51.2 Å². The maximum absolute atomic E-state index is 14.6. The Morgan fingerprint density at radius 1 is 1.10 bits per heavy atom. The Kier molecular flexibility index (Phi) is 6.45. The van der Waals surface area contributed by atoms with Gasteiger partial charge in [-0.1, -0.05) is 6.07 Å². The van der Waals surface area contributed by atoms with E-state index in [0.29, 0.717) is 45.0 Å². The van der Waals surface area contributed by atoms with E-state index in [9.17, 15) is 14.0 Å². The summed E-state index contributed by atoms with van der Waals surface area (Å²) in [6.07, 6.45) is 1.84. The van der Waals surface area contributed by atoms with Crippen molar-refractivity contribution in [3.8, 4) is 0 Å². The molecule has 0 saturated carbocycles. The predicted molar refractivity (Wildman–Crippen MR) is 116 cm³/mol. The summed E-state index contributed by atoms with van der Waals surface area (Å²) in [6.45, 7) is 7.36. The number of nitrogens with zero attached hydrogens (tertiary/aromatic N) is 4. The van der Waals surface area contributed by atoms with Crippen molar-refractivity contribution in [3.05, 3.63) is 53.0 Å². The highest BCUT2D eigenvalue weighted by Crippen LogP contribution is 2.23. The molecule has 0 aliphatic carbocycles. The van der Waals surface area contributed by atoms with Crippen LogP contribution in [0.15, 0.2) is 30.5 Å². The van der Waals surface area contributed by atoms with Crippen molar-refractivity contribution in [2.75, 3.05) is 49.1 Å². The number of anilines is 2. The van der Waals surface area contributed by atoms with Crippen LogP contribution in [-0.2, 0) is 0 Å². The Labute approximate surface area is 181 Å². The Bertz CT molecular complexity index is 962. The number of amides is 3. The van der Waals surface area contributed by atoms with E-state index in [4.69, 9.17) is 0 Å². The monoisotopic (exact) mass is 433 g/mol. The fourth-order valence-electron chi connectivity index (χ4n) is 3.89. The summed E-state index contributed by atoms with van der Waals surface area (Å²) in [6, 6.07) is 6.19. The number of piperazine rings is 1. The molecule has 2 aliphatic rings. The third-order valence-corrected chi connectivity index (χ3v) is 5.41. The first kappa shape index (κ1) is 21.8. The smallest absolute Gasteiger partial charge is 0.321 e. The van der Waals surface area contributed by atoms with Crippen LogP contribution in [0.1, 0.15) is 21.5 Å². The minimum absolute atomic E-state index is 0. The lowest BCUT2D eigenvalue weighted by atomic mass is 10.1. The van der Waals surface area contributed by atoms with Gasteiger partial charge >= 0.3 is 6.03 Å². The molecule has 3 amide bonds. The maximum atomic E-state index is 14.6. The minimum Gasteiger partial charge on any atom is -0.353 e. The normalized spacial score (nSPS) is 16.4. The van der Waals surface area contributed by atoms with Gasteiger partial charge < -0.3 is 15.1 Å². The number of carbonyl (C=O) groups excluding carboxylic acids is 2.